The van der Waals surface area contributed by atoms with Crippen LogP contribution in [0, 0.1) is 5.41 Å². The van der Waals surface area contributed by atoms with Crippen molar-refractivity contribution < 1.29 is 51.4 Å². The van der Waals surface area contributed by atoms with Crippen LogP contribution in [0.15, 0.2) is 42.7 Å². The molecule has 2 aromatic rings. The number of alkyl halides is 2. The van der Waals surface area contributed by atoms with E-state index in [4.69, 9.17) is 14.4 Å². The molecule has 2 saturated heterocycles. The number of hydrogen-bond donors (Lipinski definition) is 4. The second-order valence-electron chi connectivity index (χ2n) is 13.2. The summed E-state index contributed by atoms with van der Waals surface area (Å²) < 4.78 is 57.5. The Bertz CT molecular complexity index is 1560. The number of aliphatic hydroxyl groups is 1. The highest BCUT2D eigenvalue weighted by Crippen LogP contribution is 2.66. The van der Waals surface area contributed by atoms with E-state index in [1.807, 2.05) is 0 Å². The van der Waals surface area contributed by atoms with E-state index in [2.05, 4.69) is 25.4 Å². The summed E-state index contributed by atoms with van der Waals surface area (Å²) in [5.74, 6) is -1.94. The first kappa shape index (κ1) is 38.8. The Morgan fingerprint density at radius 3 is 2.48 bits per heavy atom. The average molecular weight is 724 g/mol. The maximum atomic E-state index is 15.3. The van der Waals surface area contributed by atoms with E-state index in [0.29, 0.717) is 44.2 Å². The first-order valence-electron chi connectivity index (χ1n) is 16.4. The van der Waals surface area contributed by atoms with Gasteiger partial charge in [0.15, 0.2) is 6.79 Å². The lowest BCUT2D eigenvalue weighted by Crippen LogP contribution is -2.56. The molecule has 3 heterocycles. The third kappa shape index (κ3) is 9.62. The van der Waals surface area contributed by atoms with E-state index in [0.717, 1.165) is 36.6 Å². The topological polar surface area (TPSA) is 189 Å². The molecule has 3 amide bonds. The molecule has 4 N–H and O–H groups in total. The van der Waals surface area contributed by atoms with E-state index in [-0.39, 0.29) is 17.9 Å². The Morgan fingerprint density at radius 1 is 1.10 bits per heavy atom. The van der Waals surface area contributed by atoms with Crippen LogP contribution in [-0.4, -0.2) is 82.2 Å². The van der Waals surface area contributed by atoms with Crippen molar-refractivity contribution in [2.75, 3.05) is 20.1 Å². The van der Waals surface area contributed by atoms with Gasteiger partial charge in [-0.15, -0.1) is 0 Å². The van der Waals surface area contributed by atoms with E-state index in [9.17, 15) is 23.7 Å². The predicted octanol–water partition coefficient (Wildman–Crippen LogP) is 3.97. The summed E-state index contributed by atoms with van der Waals surface area (Å²) in [6.07, 6.45) is 10.5. The highest BCUT2D eigenvalue weighted by Gasteiger charge is 2.55. The number of benzene rings is 1. The van der Waals surface area contributed by atoms with Gasteiger partial charge in [-0.3, -0.25) is 37.9 Å². The van der Waals surface area contributed by atoms with Crippen molar-refractivity contribution in [1.29, 1.82) is 0 Å². The molecule has 50 heavy (non-hydrogen) atoms. The quantitative estimate of drug-likeness (QED) is 0.0961. The van der Waals surface area contributed by atoms with Crippen LogP contribution < -0.4 is 10.6 Å². The maximum Gasteiger partial charge on any atom is 0.409 e. The molecule has 0 radical (unpaired) electrons. The monoisotopic (exact) mass is 723 g/mol. The molecular formula is C33H44F2N5O9P. The number of hydrogen-bond acceptors (Lipinski definition) is 10. The average Bonchev–Trinajstić information content (AvgIpc) is 3.74. The van der Waals surface area contributed by atoms with Crippen molar-refractivity contribution in [2.24, 2.45) is 5.41 Å². The predicted molar refractivity (Wildman–Crippen MR) is 176 cm³/mol. The smallest absolute Gasteiger partial charge is 0.409 e. The van der Waals surface area contributed by atoms with Crippen molar-refractivity contribution in [2.45, 2.75) is 89.5 Å². The van der Waals surface area contributed by atoms with Gasteiger partial charge in [-0.1, -0.05) is 37.1 Å². The first-order valence-corrected chi connectivity index (χ1v) is 17.9. The Hall–Kier alpha value is -3.98. The molecule has 2 aliphatic rings. The molecule has 2 fully saturated rings. The van der Waals surface area contributed by atoms with Gasteiger partial charge in [-0.05, 0) is 70.1 Å². The summed E-state index contributed by atoms with van der Waals surface area (Å²) in [5, 5.41) is 21.4. The molecule has 1 aromatic carbocycles. The number of amides is 3. The van der Waals surface area contributed by atoms with Crippen LogP contribution in [0.5, 0.6) is 0 Å². The zero-order chi connectivity index (χ0) is 36.5. The number of esters is 1. The molecule has 0 spiro atoms. The van der Waals surface area contributed by atoms with E-state index >= 15 is 8.78 Å². The summed E-state index contributed by atoms with van der Waals surface area (Å²) in [7, 11) is -5.37. The number of ether oxygens (including phenoxy) is 1. The number of rotatable bonds is 14. The van der Waals surface area contributed by atoms with E-state index in [1.165, 1.54) is 39.0 Å². The largest absolute Gasteiger partial charge is 0.438 e. The fourth-order valence-corrected chi connectivity index (χ4v) is 6.98. The fourth-order valence-electron chi connectivity index (χ4n) is 5.77. The van der Waals surface area contributed by atoms with Crippen LogP contribution in [0.25, 0.3) is 6.08 Å². The summed E-state index contributed by atoms with van der Waals surface area (Å²) in [6, 6.07) is 2.79. The lowest BCUT2D eigenvalue weighted by atomic mass is 9.98. The summed E-state index contributed by atoms with van der Waals surface area (Å²) in [6.45, 7) is 2.52. The first-order chi connectivity index (χ1) is 23.7. The van der Waals surface area contributed by atoms with Gasteiger partial charge in [0.05, 0.1) is 11.6 Å². The number of H-pyrrole nitrogens is 1. The Labute approximate surface area is 288 Å². The highest BCUT2D eigenvalue weighted by molar-refractivity contribution is 7.54. The molecule has 4 rings (SSSR count). The number of aromatic nitrogens is 2. The molecule has 2 aliphatic heterocycles. The molecule has 4 atom stereocenters. The van der Waals surface area contributed by atoms with Crippen molar-refractivity contribution >= 4 is 37.4 Å². The minimum atomic E-state index is -5.37. The van der Waals surface area contributed by atoms with Gasteiger partial charge in [0.1, 0.15) is 12.1 Å². The van der Waals surface area contributed by atoms with Gasteiger partial charge in [0.2, 0.25) is 24.5 Å². The van der Waals surface area contributed by atoms with Crippen molar-refractivity contribution in [3.63, 3.8) is 0 Å². The number of carbonyl (C=O) groups is 4. The van der Waals surface area contributed by atoms with Crippen LogP contribution >= 0.6 is 7.60 Å². The second-order valence-corrected chi connectivity index (χ2v) is 15.2. The SMILES string of the molecule is CC(C)(C)C(=O)OCOP(=O)(OCO)C(F)(F)c1ccc(/C=C/C(=O)NC2CCCCC3CCC(C(=O)NCCc4cn[nH]c4)N3C2=O)cc1. The van der Waals surface area contributed by atoms with Gasteiger partial charge < -0.3 is 25.4 Å². The number of nitrogens with zero attached hydrogens (tertiary/aromatic N) is 2. The van der Waals surface area contributed by atoms with Gasteiger partial charge in [0.25, 0.3) is 0 Å². The van der Waals surface area contributed by atoms with Gasteiger partial charge >= 0.3 is 19.2 Å². The minimum Gasteiger partial charge on any atom is -0.438 e. The normalized spacial score (nSPS) is 21.2. The van der Waals surface area contributed by atoms with Gasteiger partial charge in [-0.25, -0.2) is 0 Å². The Balaban J connectivity index is 1.37. The third-order valence-corrected chi connectivity index (χ3v) is 10.4. The molecule has 0 bridgehead atoms. The van der Waals surface area contributed by atoms with Crippen molar-refractivity contribution in [3.05, 3.63) is 59.4 Å². The number of aromatic amines is 1. The third-order valence-electron chi connectivity index (χ3n) is 8.50. The van der Waals surface area contributed by atoms with Crippen molar-refractivity contribution in [1.82, 2.24) is 25.7 Å². The van der Waals surface area contributed by atoms with Crippen LogP contribution in [0.4, 0.5) is 8.78 Å². The number of aliphatic hydroxyl groups excluding tert-OH is 1. The second kappa shape index (κ2) is 16.8. The zero-order valence-corrected chi connectivity index (χ0v) is 29.1. The zero-order valence-electron chi connectivity index (χ0n) is 28.2. The van der Waals surface area contributed by atoms with Gasteiger partial charge in [-0.2, -0.15) is 13.9 Å². The summed E-state index contributed by atoms with van der Waals surface area (Å²) in [4.78, 5) is 53.3. The summed E-state index contributed by atoms with van der Waals surface area (Å²) in [5.41, 5.74) is -4.73. The highest BCUT2D eigenvalue weighted by atomic mass is 31.2. The number of halogens is 2. The van der Waals surface area contributed by atoms with E-state index < -0.39 is 61.8 Å². The molecule has 14 nitrogen and oxygen atoms in total. The molecule has 1 aromatic heterocycles. The summed E-state index contributed by atoms with van der Waals surface area (Å²) >= 11 is 0. The van der Waals surface area contributed by atoms with Crippen molar-refractivity contribution in [3.8, 4) is 0 Å². The Morgan fingerprint density at radius 2 is 1.82 bits per heavy atom. The standard InChI is InChI=1S/C33H44F2N5O9P/c1-32(2,3)31(45)47-21-49-50(46,48-20-41)33(34,35)24-11-8-22(9-12-24)10-15-28(42)39-26-7-5-4-6-25-13-14-27(40(25)30(26)44)29(43)36-17-16-23-18-37-38-19-23/h8-12,15,18-19,25-27,41H,4-7,13-14,16-17,20-21H2,1-3H3,(H,36,43)(H,37,38)(H,39,42)/b15-10+. The maximum absolute atomic E-state index is 15.3. The lowest BCUT2D eigenvalue weighted by molar-refractivity contribution is -0.161. The van der Waals surface area contributed by atoms with Crippen LogP contribution in [0.2, 0.25) is 0 Å². The lowest BCUT2D eigenvalue weighted by Gasteiger charge is -2.35. The van der Waals surface area contributed by atoms with Crippen LogP contribution in [0.1, 0.15) is 76.0 Å². The molecule has 4 unspecified atom stereocenters. The fraction of sp³-hybridized carbons (Fsp3) is 0.545. The number of carbonyl (C=O) groups excluding carboxylic acids is 4. The van der Waals surface area contributed by atoms with E-state index in [1.54, 1.807) is 17.3 Å². The van der Waals surface area contributed by atoms with Crippen LogP contribution in [0.3, 0.4) is 0 Å². The molecule has 0 aliphatic carbocycles. The number of fused-ring (bicyclic) bond motifs is 1. The van der Waals surface area contributed by atoms with Gasteiger partial charge in [0, 0.05) is 30.4 Å². The molecule has 274 valence electrons. The Kier molecular flexibility index (Phi) is 13.1. The number of nitrogens with one attached hydrogen (secondary N) is 3. The molecule has 0 saturated carbocycles. The molecule has 17 heteroatoms. The van der Waals surface area contributed by atoms with Crippen LogP contribution in [-0.2, 0) is 49.6 Å². The molecular weight excluding hydrogens is 679 g/mol. The minimum absolute atomic E-state index is 0.0963.